The van der Waals surface area contributed by atoms with Crippen LogP contribution in [0.5, 0.6) is 5.75 Å². The first-order valence-corrected chi connectivity index (χ1v) is 9.04. The maximum atomic E-state index is 12.5. The van der Waals surface area contributed by atoms with Crippen molar-refractivity contribution >= 4 is 18.3 Å². The number of rotatable bonds is 6. The number of carbonyl (C=O) groups is 1. The van der Waals surface area contributed by atoms with Gasteiger partial charge in [-0.05, 0) is 64.9 Å². The summed E-state index contributed by atoms with van der Waals surface area (Å²) in [5.41, 5.74) is 2.36. The molecule has 1 unspecified atom stereocenters. The molecular formula is C20H33ClN2O2. The summed E-state index contributed by atoms with van der Waals surface area (Å²) in [7, 11) is 4.24. The van der Waals surface area contributed by atoms with Gasteiger partial charge in [0.1, 0.15) is 5.75 Å². The molecule has 1 N–H and O–H groups in total. The van der Waals surface area contributed by atoms with Crippen LogP contribution in [-0.4, -0.2) is 43.1 Å². The number of halogens is 1. The highest BCUT2D eigenvalue weighted by molar-refractivity contribution is 5.85. The van der Waals surface area contributed by atoms with Gasteiger partial charge >= 0.3 is 0 Å². The van der Waals surface area contributed by atoms with E-state index in [1.54, 1.807) is 0 Å². The van der Waals surface area contributed by atoms with Crippen molar-refractivity contribution in [2.75, 3.05) is 20.6 Å². The van der Waals surface area contributed by atoms with Crippen molar-refractivity contribution in [3.63, 3.8) is 0 Å². The molecule has 25 heavy (non-hydrogen) atoms. The number of likely N-dealkylation sites (N-methyl/N-ethyl adjacent to an activating group) is 1. The third-order valence-corrected chi connectivity index (χ3v) is 5.55. The molecule has 0 spiro atoms. The Morgan fingerprint density at radius 1 is 1.24 bits per heavy atom. The molecule has 1 fully saturated rings. The molecule has 0 bridgehead atoms. The number of ether oxygens (including phenoxy) is 1. The second-order valence-electron chi connectivity index (χ2n) is 7.36. The summed E-state index contributed by atoms with van der Waals surface area (Å²) in [5.74, 6) is 0.750. The van der Waals surface area contributed by atoms with E-state index in [1.165, 1.54) is 24.8 Å². The molecule has 4 nitrogen and oxygen atoms in total. The van der Waals surface area contributed by atoms with E-state index in [0.29, 0.717) is 6.54 Å². The molecule has 1 amide bonds. The van der Waals surface area contributed by atoms with E-state index < -0.39 is 6.10 Å². The van der Waals surface area contributed by atoms with Gasteiger partial charge in [0.25, 0.3) is 5.91 Å². The van der Waals surface area contributed by atoms with Crippen LogP contribution in [0.25, 0.3) is 0 Å². The minimum absolute atomic E-state index is 0. The first-order valence-electron chi connectivity index (χ1n) is 9.04. The Labute approximate surface area is 158 Å². The SMILES string of the molecule is Cc1cccc(OC(C)C(=O)NCC2(N(C)C)CCCCC2)c1C.Cl. The van der Waals surface area contributed by atoms with E-state index >= 15 is 0 Å². The normalized spacial score (nSPS) is 17.5. The number of aryl methyl sites for hydroxylation is 1. The van der Waals surface area contributed by atoms with Gasteiger partial charge in [-0.15, -0.1) is 12.4 Å². The van der Waals surface area contributed by atoms with Crippen molar-refractivity contribution in [3.8, 4) is 5.75 Å². The quantitative estimate of drug-likeness (QED) is 0.828. The third kappa shape index (κ3) is 5.35. The Kier molecular flexibility index (Phi) is 8.23. The second-order valence-corrected chi connectivity index (χ2v) is 7.36. The van der Waals surface area contributed by atoms with Crippen LogP contribution < -0.4 is 10.1 Å². The fourth-order valence-electron chi connectivity index (χ4n) is 3.48. The van der Waals surface area contributed by atoms with Crippen LogP contribution >= 0.6 is 12.4 Å². The minimum atomic E-state index is -0.492. The Bertz CT molecular complexity index is 569. The summed E-state index contributed by atoms with van der Waals surface area (Å²) in [4.78, 5) is 14.8. The fourth-order valence-corrected chi connectivity index (χ4v) is 3.48. The minimum Gasteiger partial charge on any atom is -0.481 e. The number of benzene rings is 1. The molecule has 1 saturated carbocycles. The number of hydrogen-bond acceptors (Lipinski definition) is 3. The molecule has 1 aliphatic carbocycles. The summed E-state index contributed by atoms with van der Waals surface area (Å²) in [6.45, 7) is 6.59. The average molecular weight is 369 g/mol. The van der Waals surface area contributed by atoms with E-state index in [4.69, 9.17) is 4.74 Å². The van der Waals surface area contributed by atoms with Crippen LogP contribution in [0.4, 0.5) is 0 Å². The molecule has 0 aliphatic heterocycles. The van der Waals surface area contributed by atoms with Crippen LogP contribution in [0, 0.1) is 13.8 Å². The molecule has 2 rings (SSSR count). The third-order valence-electron chi connectivity index (χ3n) is 5.55. The zero-order chi connectivity index (χ0) is 17.7. The van der Waals surface area contributed by atoms with Crippen molar-refractivity contribution in [1.29, 1.82) is 0 Å². The fraction of sp³-hybridized carbons (Fsp3) is 0.650. The van der Waals surface area contributed by atoms with E-state index in [0.717, 1.165) is 24.2 Å². The highest BCUT2D eigenvalue weighted by Crippen LogP contribution is 2.31. The van der Waals surface area contributed by atoms with Gasteiger partial charge in [-0.3, -0.25) is 4.79 Å². The van der Waals surface area contributed by atoms with Crippen molar-refractivity contribution in [3.05, 3.63) is 29.3 Å². The number of nitrogens with one attached hydrogen (secondary N) is 1. The van der Waals surface area contributed by atoms with Gasteiger partial charge < -0.3 is 15.0 Å². The van der Waals surface area contributed by atoms with Gasteiger partial charge in [0, 0.05) is 12.1 Å². The smallest absolute Gasteiger partial charge is 0.260 e. The molecule has 0 saturated heterocycles. The summed E-state index contributed by atoms with van der Waals surface area (Å²) >= 11 is 0. The van der Waals surface area contributed by atoms with Crippen LogP contribution in [0.15, 0.2) is 18.2 Å². The topological polar surface area (TPSA) is 41.6 Å². The van der Waals surface area contributed by atoms with E-state index in [2.05, 4.69) is 37.3 Å². The number of amides is 1. The molecule has 1 aliphatic rings. The summed E-state index contributed by atoms with van der Waals surface area (Å²) in [5, 5.41) is 3.12. The van der Waals surface area contributed by atoms with E-state index in [-0.39, 0.29) is 23.9 Å². The molecule has 5 heteroatoms. The lowest BCUT2D eigenvalue weighted by atomic mass is 9.80. The Hall–Kier alpha value is -1.26. The number of carbonyl (C=O) groups excluding carboxylic acids is 1. The molecule has 1 atom stereocenters. The Morgan fingerprint density at radius 3 is 2.48 bits per heavy atom. The molecular weight excluding hydrogens is 336 g/mol. The van der Waals surface area contributed by atoms with Gasteiger partial charge in [-0.1, -0.05) is 31.4 Å². The summed E-state index contributed by atoms with van der Waals surface area (Å²) in [6, 6.07) is 5.94. The zero-order valence-corrected chi connectivity index (χ0v) is 17.0. The molecule has 0 radical (unpaired) electrons. The lowest BCUT2D eigenvalue weighted by molar-refractivity contribution is -0.128. The van der Waals surface area contributed by atoms with Crippen LogP contribution in [0.1, 0.15) is 50.2 Å². The van der Waals surface area contributed by atoms with Crippen molar-refractivity contribution in [1.82, 2.24) is 10.2 Å². The molecule has 1 aromatic rings. The predicted molar refractivity (Wildman–Crippen MR) is 106 cm³/mol. The zero-order valence-electron chi connectivity index (χ0n) is 16.2. The highest BCUT2D eigenvalue weighted by Gasteiger charge is 2.34. The van der Waals surface area contributed by atoms with Crippen LogP contribution in [0.3, 0.4) is 0 Å². The van der Waals surface area contributed by atoms with Gasteiger partial charge in [0.2, 0.25) is 0 Å². The van der Waals surface area contributed by atoms with Crippen LogP contribution in [-0.2, 0) is 4.79 Å². The maximum Gasteiger partial charge on any atom is 0.260 e. The first-order chi connectivity index (χ1) is 11.4. The molecule has 0 heterocycles. The largest absolute Gasteiger partial charge is 0.481 e. The van der Waals surface area contributed by atoms with Crippen molar-refractivity contribution < 1.29 is 9.53 Å². The maximum absolute atomic E-state index is 12.5. The monoisotopic (exact) mass is 368 g/mol. The van der Waals surface area contributed by atoms with E-state index in [9.17, 15) is 4.79 Å². The predicted octanol–water partition coefficient (Wildman–Crippen LogP) is 3.87. The van der Waals surface area contributed by atoms with E-state index in [1.807, 2.05) is 26.0 Å². The Balaban J connectivity index is 0.00000312. The summed E-state index contributed by atoms with van der Waals surface area (Å²) in [6.07, 6.45) is 5.58. The number of hydrogen-bond donors (Lipinski definition) is 1. The molecule has 1 aromatic carbocycles. The lowest BCUT2D eigenvalue weighted by Crippen LogP contribution is -2.55. The van der Waals surface area contributed by atoms with Gasteiger partial charge in [-0.25, -0.2) is 0 Å². The van der Waals surface area contributed by atoms with Crippen molar-refractivity contribution in [2.24, 2.45) is 0 Å². The lowest BCUT2D eigenvalue weighted by Gasteiger charge is -2.43. The molecule has 0 aromatic heterocycles. The van der Waals surface area contributed by atoms with Crippen molar-refractivity contribution in [2.45, 2.75) is 64.5 Å². The molecule has 142 valence electrons. The Morgan fingerprint density at radius 2 is 1.88 bits per heavy atom. The van der Waals surface area contributed by atoms with Crippen LogP contribution in [0.2, 0.25) is 0 Å². The van der Waals surface area contributed by atoms with Gasteiger partial charge in [0.05, 0.1) is 0 Å². The average Bonchev–Trinajstić information content (AvgIpc) is 2.57. The summed E-state index contributed by atoms with van der Waals surface area (Å²) < 4.78 is 5.90. The second kappa shape index (κ2) is 9.44. The van der Waals surface area contributed by atoms with Gasteiger partial charge in [-0.2, -0.15) is 0 Å². The standard InChI is InChI=1S/C20H32N2O2.ClH/c1-15-10-9-11-18(16(15)2)24-17(3)19(23)21-14-20(22(4)5)12-7-6-8-13-20;/h9-11,17H,6-8,12-14H2,1-5H3,(H,21,23);1H. The first kappa shape index (κ1) is 21.8. The van der Waals surface area contributed by atoms with Gasteiger partial charge in [0.15, 0.2) is 6.10 Å². The number of nitrogens with zero attached hydrogens (tertiary/aromatic N) is 1. The highest BCUT2D eigenvalue weighted by atomic mass is 35.5.